The smallest absolute Gasteiger partial charge is 0.261 e. The van der Waals surface area contributed by atoms with Crippen molar-refractivity contribution in [3.63, 3.8) is 0 Å². The highest BCUT2D eigenvalue weighted by atomic mass is 16.3. The minimum Gasteiger partial charge on any atom is -0.463 e. The number of benzene rings is 1. The van der Waals surface area contributed by atoms with Crippen LogP contribution in [0.15, 0.2) is 51.9 Å². The van der Waals surface area contributed by atoms with Gasteiger partial charge in [-0.1, -0.05) is 24.3 Å². The quantitative estimate of drug-likeness (QED) is 0.752. The molecule has 0 spiro atoms. The summed E-state index contributed by atoms with van der Waals surface area (Å²) in [6.45, 7) is 2.79. The molecule has 1 fully saturated rings. The second kappa shape index (κ2) is 4.83. The molecule has 23 heavy (non-hydrogen) atoms. The second-order valence-electron chi connectivity index (χ2n) is 6.70. The van der Waals surface area contributed by atoms with E-state index in [1.165, 1.54) is 6.42 Å². The Kier molecular flexibility index (Phi) is 2.76. The minimum atomic E-state index is 0.0826. The Hall–Kier alpha value is -2.33. The van der Waals surface area contributed by atoms with E-state index in [1.807, 2.05) is 34.9 Å². The van der Waals surface area contributed by atoms with E-state index < -0.39 is 0 Å². The van der Waals surface area contributed by atoms with Crippen LogP contribution in [-0.4, -0.2) is 17.7 Å². The van der Waals surface area contributed by atoms with Gasteiger partial charge in [-0.05, 0) is 31.0 Å². The Morgan fingerprint density at radius 2 is 2.04 bits per heavy atom. The lowest BCUT2D eigenvalue weighted by Crippen LogP contribution is -2.45. The summed E-state index contributed by atoms with van der Waals surface area (Å²) in [6.07, 6.45) is 2.92. The number of fused-ring (bicyclic) bond motifs is 5. The maximum Gasteiger partial charge on any atom is 0.261 e. The Bertz CT molecular complexity index is 953. The molecule has 0 amide bonds. The van der Waals surface area contributed by atoms with E-state index in [1.54, 1.807) is 6.26 Å². The number of nitrogens with zero attached hydrogens (tertiary/aromatic N) is 1. The van der Waals surface area contributed by atoms with E-state index in [4.69, 9.17) is 4.42 Å². The third-order valence-corrected chi connectivity index (χ3v) is 5.26. The lowest BCUT2D eigenvalue weighted by Gasteiger charge is -2.37. The van der Waals surface area contributed by atoms with Gasteiger partial charge in [-0.15, -0.1) is 0 Å². The average Bonchev–Trinajstić information content (AvgIpc) is 3.00. The molecule has 0 saturated carbocycles. The van der Waals surface area contributed by atoms with Crippen molar-refractivity contribution in [1.29, 1.82) is 0 Å². The molecule has 2 aromatic heterocycles. The zero-order chi connectivity index (χ0) is 15.4. The Morgan fingerprint density at radius 1 is 1.13 bits per heavy atom. The molecule has 5 rings (SSSR count). The van der Waals surface area contributed by atoms with Crippen molar-refractivity contribution < 1.29 is 4.42 Å². The highest BCUT2D eigenvalue weighted by Gasteiger charge is 2.31. The van der Waals surface area contributed by atoms with E-state index in [0.29, 0.717) is 23.2 Å². The summed E-state index contributed by atoms with van der Waals surface area (Å²) in [5.41, 5.74) is 1.92. The highest BCUT2D eigenvalue weighted by Crippen LogP contribution is 2.34. The fraction of sp³-hybridized carbons (Fsp3) is 0.316. The molecule has 2 unspecified atom stereocenters. The molecule has 4 heteroatoms. The Balaban J connectivity index is 1.71. The standard InChI is InChI=1S/C19H18N2O2/c22-19-16(18-15-4-2-1-3-13(15)11-23-18)5-6-17-14-7-12(8-20-9-14)10-21(17)19/h1-6,11-12,14,20H,7-10H2. The summed E-state index contributed by atoms with van der Waals surface area (Å²) < 4.78 is 7.72. The maximum absolute atomic E-state index is 13.1. The van der Waals surface area contributed by atoms with Crippen LogP contribution in [0.5, 0.6) is 0 Å². The van der Waals surface area contributed by atoms with Crippen LogP contribution in [0.4, 0.5) is 0 Å². The molecule has 3 aromatic rings. The zero-order valence-corrected chi connectivity index (χ0v) is 12.8. The van der Waals surface area contributed by atoms with Crippen molar-refractivity contribution in [2.45, 2.75) is 18.9 Å². The lowest BCUT2D eigenvalue weighted by atomic mass is 9.84. The molecule has 2 aliphatic rings. The first-order valence-electron chi connectivity index (χ1n) is 8.22. The molecular weight excluding hydrogens is 288 g/mol. The average molecular weight is 306 g/mol. The molecule has 116 valence electrons. The van der Waals surface area contributed by atoms with E-state index in [-0.39, 0.29) is 5.56 Å². The van der Waals surface area contributed by atoms with Gasteiger partial charge in [0.05, 0.1) is 11.8 Å². The molecule has 4 nitrogen and oxygen atoms in total. The Labute approximate surface area is 133 Å². The largest absolute Gasteiger partial charge is 0.463 e. The molecule has 4 heterocycles. The first-order chi connectivity index (χ1) is 11.3. The number of hydrogen-bond acceptors (Lipinski definition) is 3. The van der Waals surface area contributed by atoms with Crippen LogP contribution in [0, 0.1) is 5.92 Å². The third kappa shape index (κ3) is 1.91. The highest BCUT2D eigenvalue weighted by molar-refractivity contribution is 5.93. The van der Waals surface area contributed by atoms with Crippen molar-refractivity contribution in [1.82, 2.24) is 9.88 Å². The minimum absolute atomic E-state index is 0.0826. The number of rotatable bonds is 1. The van der Waals surface area contributed by atoms with Crippen LogP contribution in [0.1, 0.15) is 18.0 Å². The topological polar surface area (TPSA) is 47.2 Å². The molecule has 0 aliphatic carbocycles. The van der Waals surface area contributed by atoms with Gasteiger partial charge in [0.15, 0.2) is 0 Å². The number of piperidine rings is 1. The third-order valence-electron chi connectivity index (χ3n) is 5.26. The van der Waals surface area contributed by atoms with Crippen LogP contribution < -0.4 is 10.9 Å². The van der Waals surface area contributed by atoms with Gasteiger partial charge in [0.2, 0.25) is 0 Å². The summed E-state index contributed by atoms with van der Waals surface area (Å²) in [5, 5.41) is 5.52. The van der Waals surface area contributed by atoms with Crippen molar-refractivity contribution in [2.24, 2.45) is 5.92 Å². The van der Waals surface area contributed by atoms with Gasteiger partial charge in [0, 0.05) is 35.5 Å². The van der Waals surface area contributed by atoms with Crippen LogP contribution >= 0.6 is 0 Å². The second-order valence-corrected chi connectivity index (χ2v) is 6.70. The number of aromatic nitrogens is 1. The SMILES string of the molecule is O=c1c(-c2occ3ccccc23)ccc2n1CC1CNCC2C1. The molecule has 2 aliphatic heterocycles. The predicted molar refractivity (Wildman–Crippen MR) is 89.6 cm³/mol. The van der Waals surface area contributed by atoms with Gasteiger partial charge in [-0.3, -0.25) is 4.79 Å². The molecule has 1 saturated heterocycles. The fourth-order valence-corrected chi connectivity index (χ4v) is 4.16. The fourth-order valence-electron chi connectivity index (χ4n) is 4.16. The first-order valence-corrected chi connectivity index (χ1v) is 8.22. The van der Waals surface area contributed by atoms with E-state index in [0.717, 1.165) is 36.1 Å². The number of pyridine rings is 1. The molecular formula is C19H18N2O2. The van der Waals surface area contributed by atoms with Gasteiger partial charge < -0.3 is 14.3 Å². The van der Waals surface area contributed by atoms with Crippen molar-refractivity contribution in [3.8, 4) is 11.3 Å². The summed E-state index contributed by atoms with van der Waals surface area (Å²) in [7, 11) is 0. The van der Waals surface area contributed by atoms with Gasteiger partial charge in [-0.2, -0.15) is 0 Å². The molecule has 2 atom stereocenters. The Morgan fingerprint density at radius 3 is 3.00 bits per heavy atom. The zero-order valence-electron chi connectivity index (χ0n) is 12.8. The van der Waals surface area contributed by atoms with Gasteiger partial charge in [-0.25, -0.2) is 0 Å². The summed E-state index contributed by atoms with van der Waals surface area (Å²) in [4.78, 5) is 13.1. The lowest BCUT2D eigenvalue weighted by molar-refractivity contribution is 0.257. The van der Waals surface area contributed by atoms with E-state index >= 15 is 0 Å². The normalized spacial score (nSPS) is 23.0. The molecule has 1 N–H and O–H groups in total. The number of hydrogen-bond donors (Lipinski definition) is 1. The van der Waals surface area contributed by atoms with Crippen molar-refractivity contribution in [3.05, 3.63) is 58.7 Å². The van der Waals surface area contributed by atoms with Crippen LogP contribution in [-0.2, 0) is 6.54 Å². The van der Waals surface area contributed by atoms with Crippen LogP contribution in [0.2, 0.25) is 0 Å². The summed E-state index contributed by atoms with van der Waals surface area (Å²) >= 11 is 0. The first kappa shape index (κ1) is 13.1. The molecule has 2 bridgehead atoms. The summed E-state index contributed by atoms with van der Waals surface area (Å²) in [5.74, 6) is 1.70. The van der Waals surface area contributed by atoms with Crippen LogP contribution in [0.3, 0.4) is 0 Å². The monoisotopic (exact) mass is 306 g/mol. The molecule has 0 radical (unpaired) electrons. The number of nitrogens with one attached hydrogen (secondary N) is 1. The number of furan rings is 1. The van der Waals surface area contributed by atoms with Crippen LogP contribution in [0.25, 0.3) is 22.1 Å². The molecule has 1 aromatic carbocycles. The van der Waals surface area contributed by atoms with Gasteiger partial charge in [0.1, 0.15) is 5.76 Å². The van der Waals surface area contributed by atoms with E-state index in [2.05, 4.69) is 11.4 Å². The predicted octanol–water partition coefficient (Wildman–Crippen LogP) is 2.97. The summed E-state index contributed by atoms with van der Waals surface area (Å²) in [6, 6.07) is 12.0. The van der Waals surface area contributed by atoms with Gasteiger partial charge in [0.25, 0.3) is 5.56 Å². The van der Waals surface area contributed by atoms with E-state index in [9.17, 15) is 4.79 Å². The van der Waals surface area contributed by atoms with Crippen molar-refractivity contribution in [2.75, 3.05) is 13.1 Å². The van der Waals surface area contributed by atoms with Gasteiger partial charge >= 0.3 is 0 Å². The maximum atomic E-state index is 13.1. The van der Waals surface area contributed by atoms with Crippen molar-refractivity contribution >= 4 is 10.8 Å².